The number of piperidine rings is 1. The maximum atomic E-state index is 14.6. The molecule has 0 radical (unpaired) electrons. The van der Waals surface area contributed by atoms with Crippen molar-refractivity contribution in [1.29, 1.82) is 0 Å². The van der Waals surface area contributed by atoms with E-state index in [1.807, 2.05) is 19.9 Å². The molecule has 2 aliphatic rings. The van der Waals surface area contributed by atoms with Gasteiger partial charge in [0.25, 0.3) is 0 Å². The van der Waals surface area contributed by atoms with Crippen LogP contribution in [0.1, 0.15) is 100.0 Å². The molecule has 0 aliphatic carbocycles. The van der Waals surface area contributed by atoms with Gasteiger partial charge in [-0.2, -0.15) is 0 Å². The van der Waals surface area contributed by atoms with Gasteiger partial charge in [-0.1, -0.05) is 71.9 Å². The second kappa shape index (κ2) is 20.7. The molecule has 2 aliphatic heterocycles. The molecule has 15 heteroatoms. The molecule has 0 saturated carbocycles. The molecule has 2 bridgehead atoms. The fourth-order valence-electron chi connectivity index (χ4n) is 7.16. The third-order valence-corrected chi connectivity index (χ3v) is 10.9. The van der Waals surface area contributed by atoms with Crippen LogP contribution in [0.15, 0.2) is 30.3 Å². The zero-order valence-corrected chi connectivity index (χ0v) is 35.1. The Morgan fingerprint density at radius 1 is 0.877 bits per heavy atom. The molecule has 15 nitrogen and oxygen atoms in total. The third kappa shape index (κ3) is 12.4. The number of cyclic esters (lactones) is 1. The first-order valence-corrected chi connectivity index (χ1v) is 20.1. The van der Waals surface area contributed by atoms with E-state index >= 15 is 0 Å². The number of hydrogen-bond donors (Lipinski definition) is 4. The van der Waals surface area contributed by atoms with Gasteiger partial charge in [-0.25, -0.2) is 4.79 Å². The number of ether oxygens (including phenoxy) is 1. The molecule has 2 saturated heterocycles. The summed E-state index contributed by atoms with van der Waals surface area (Å²) < 4.78 is 5.83. The first kappa shape index (κ1) is 46.7. The number of fused-ring (bicyclic) bond motifs is 2. The molecule has 2 fully saturated rings. The number of hydrogen-bond acceptors (Lipinski definition) is 10. The predicted octanol–water partition coefficient (Wildman–Crippen LogP) is 2.31. The second-order valence-corrected chi connectivity index (χ2v) is 16.7. The molecule has 57 heavy (non-hydrogen) atoms. The van der Waals surface area contributed by atoms with Crippen LogP contribution in [-0.2, 0) is 49.5 Å². The first-order chi connectivity index (χ1) is 26.6. The van der Waals surface area contributed by atoms with Crippen molar-refractivity contribution in [2.24, 2.45) is 29.6 Å². The van der Waals surface area contributed by atoms with E-state index in [1.54, 1.807) is 52.0 Å². The number of nitrogens with one attached hydrogen (secondary N) is 3. The SMILES string of the molecule is CC(C)C[C@H]1C(=O)N(C)[C@@H](Cc2ccccc2)C(=O)N[C@@H](C(C)C)C(=O)O[C@H](C)[C@H](CC(=O)[C@H](C)NC(=O)C(C)C)C(=O)N[C@@H](C)C(=O)C[C@H]2CC[C@@H](O)N1C2=O. The topological polar surface area (TPSA) is 209 Å². The number of aliphatic hydroxyl groups excluding tert-OH is 1. The first-order valence-electron chi connectivity index (χ1n) is 20.1. The molecule has 3 rings (SSSR count). The average Bonchev–Trinajstić information content (AvgIpc) is 3.14. The lowest BCUT2D eigenvalue weighted by atomic mass is 9.87. The number of benzene rings is 1. The van der Waals surface area contributed by atoms with Crippen LogP contribution in [0.4, 0.5) is 0 Å². The van der Waals surface area contributed by atoms with E-state index in [4.69, 9.17) is 4.74 Å². The van der Waals surface area contributed by atoms with Crippen LogP contribution in [0.25, 0.3) is 0 Å². The van der Waals surface area contributed by atoms with Crippen LogP contribution in [0, 0.1) is 29.6 Å². The monoisotopic (exact) mass is 797 g/mol. The van der Waals surface area contributed by atoms with Crippen LogP contribution < -0.4 is 16.0 Å². The molecule has 4 N–H and O–H groups in total. The summed E-state index contributed by atoms with van der Waals surface area (Å²) in [7, 11) is 1.45. The zero-order valence-electron chi connectivity index (χ0n) is 35.1. The van der Waals surface area contributed by atoms with Crippen LogP contribution in [0.5, 0.6) is 0 Å². The summed E-state index contributed by atoms with van der Waals surface area (Å²) in [5.74, 6) is -8.19. The van der Waals surface area contributed by atoms with Crippen LogP contribution in [-0.4, -0.2) is 112 Å². The van der Waals surface area contributed by atoms with Gasteiger partial charge in [0.15, 0.2) is 11.6 Å². The maximum absolute atomic E-state index is 14.6. The number of ketones is 2. The van der Waals surface area contributed by atoms with Crippen molar-refractivity contribution < 1.29 is 48.2 Å². The zero-order chi connectivity index (χ0) is 42.9. The van der Waals surface area contributed by atoms with Gasteiger partial charge in [-0.05, 0) is 57.4 Å². The third-order valence-electron chi connectivity index (χ3n) is 10.9. The van der Waals surface area contributed by atoms with Crippen molar-refractivity contribution in [3.8, 4) is 0 Å². The van der Waals surface area contributed by atoms with Crippen molar-refractivity contribution in [3.05, 3.63) is 35.9 Å². The van der Waals surface area contributed by atoms with Gasteiger partial charge in [0.05, 0.1) is 18.0 Å². The molecular weight excluding hydrogens is 734 g/mol. The highest BCUT2D eigenvalue weighted by atomic mass is 16.5. The molecule has 5 amide bonds. The molecule has 1 aromatic rings. The van der Waals surface area contributed by atoms with E-state index in [1.165, 1.54) is 32.7 Å². The Hall–Kier alpha value is -4.66. The minimum absolute atomic E-state index is 0.0426. The smallest absolute Gasteiger partial charge is 0.329 e. The standard InChI is InChI=1S/C42H63N5O10/c1-22(2)18-32-41(55)46(10)31(19-28-14-12-11-13-15-28)39(53)45-36(23(3)4)42(56)57-27(9)30(21-34(49)26(8)43-37(51)24(5)6)38(52)44-25(7)33(48)20-29-16-17-35(50)47(32)40(29)54/h11-15,22-27,29-32,35-36,50H,16-21H2,1-10H3,(H,43,51)(H,44,52)(H,45,53)/t25-,26-,27+,29+,30-,31-,32-,35+,36-/m0/s1. The number of aliphatic hydroxyl groups is 1. The maximum Gasteiger partial charge on any atom is 0.329 e. The summed E-state index contributed by atoms with van der Waals surface area (Å²) in [6, 6.07) is 3.24. The largest absolute Gasteiger partial charge is 0.460 e. The van der Waals surface area contributed by atoms with Crippen molar-refractivity contribution in [1.82, 2.24) is 25.8 Å². The Bertz CT molecular complexity index is 1630. The van der Waals surface area contributed by atoms with E-state index in [9.17, 15) is 43.5 Å². The summed E-state index contributed by atoms with van der Waals surface area (Å²) in [6.07, 6.45) is -2.90. The summed E-state index contributed by atoms with van der Waals surface area (Å²) in [5.41, 5.74) is 0.715. The fraction of sp³-hybridized carbons (Fsp3) is 0.667. The molecular formula is C42H63N5O10. The predicted molar refractivity (Wildman–Crippen MR) is 211 cm³/mol. The summed E-state index contributed by atoms with van der Waals surface area (Å²) in [5, 5.41) is 19.3. The number of Topliss-reactive ketones (excluding diaryl/α,β-unsaturated/α-hetero) is 2. The van der Waals surface area contributed by atoms with Crippen LogP contribution >= 0.6 is 0 Å². The number of likely N-dealkylation sites (N-methyl/N-ethyl adjacent to an activating group) is 1. The van der Waals surface area contributed by atoms with E-state index in [-0.39, 0.29) is 43.9 Å². The highest BCUT2D eigenvalue weighted by molar-refractivity contribution is 5.97. The van der Waals surface area contributed by atoms with Crippen molar-refractivity contribution >= 4 is 47.1 Å². The van der Waals surface area contributed by atoms with Crippen molar-refractivity contribution in [2.45, 2.75) is 143 Å². The minimum Gasteiger partial charge on any atom is -0.460 e. The van der Waals surface area contributed by atoms with E-state index < -0.39 is 114 Å². The Kier molecular flexibility index (Phi) is 16.9. The van der Waals surface area contributed by atoms with Gasteiger partial charge in [0, 0.05) is 38.1 Å². The lowest BCUT2D eigenvalue weighted by Gasteiger charge is -2.43. The Labute approximate surface area is 336 Å². The number of carbonyl (C=O) groups is 8. The lowest BCUT2D eigenvalue weighted by Crippen LogP contribution is -2.61. The highest BCUT2D eigenvalue weighted by Crippen LogP contribution is 2.31. The van der Waals surface area contributed by atoms with Gasteiger partial charge < -0.3 is 35.6 Å². The van der Waals surface area contributed by atoms with Crippen LogP contribution in [0.3, 0.4) is 0 Å². The summed E-state index contributed by atoms with van der Waals surface area (Å²) >= 11 is 0. The van der Waals surface area contributed by atoms with Gasteiger partial charge in [0.2, 0.25) is 29.5 Å². The van der Waals surface area contributed by atoms with Crippen molar-refractivity contribution in [3.63, 3.8) is 0 Å². The van der Waals surface area contributed by atoms with Gasteiger partial charge in [-0.3, -0.25) is 33.6 Å². The second-order valence-electron chi connectivity index (χ2n) is 16.7. The Morgan fingerprint density at radius 3 is 2.09 bits per heavy atom. The summed E-state index contributed by atoms with van der Waals surface area (Å²) in [4.78, 5) is 113. The molecule has 9 atom stereocenters. The van der Waals surface area contributed by atoms with Gasteiger partial charge >= 0.3 is 5.97 Å². The molecule has 0 aromatic heterocycles. The quantitative estimate of drug-likeness (QED) is 0.254. The Morgan fingerprint density at radius 2 is 1.51 bits per heavy atom. The average molecular weight is 798 g/mol. The van der Waals surface area contributed by atoms with Gasteiger partial charge in [0.1, 0.15) is 30.5 Å². The molecule has 0 unspecified atom stereocenters. The number of esters is 1. The van der Waals surface area contributed by atoms with Gasteiger partial charge in [-0.15, -0.1) is 0 Å². The number of amides is 5. The molecule has 316 valence electrons. The van der Waals surface area contributed by atoms with Crippen molar-refractivity contribution in [2.75, 3.05) is 7.05 Å². The summed E-state index contributed by atoms with van der Waals surface area (Å²) in [6.45, 7) is 14.8. The van der Waals surface area contributed by atoms with E-state index in [0.29, 0.717) is 5.56 Å². The minimum atomic E-state index is -1.33. The van der Waals surface area contributed by atoms with E-state index in [2.05, 4.69) is 16.0 Å². The van der Waals surface area contributed by atoms with Crippen LogP contribution in [0.2, 0.25) is 0 Å². The molecule has 1 aromatic carbocycles. The number of rotatable bonds is 10. The lowest BCUT2D eigenvalue weighted by molar-refractivity contribution is -0.168. The Balaban J connectivity index is 2.14. The molecule has 2 heterocycles. The number of nitrogens with zero attached hydrogens (tertiary/aromatic N) is 2. The fourth-order valence-corrected chi connectivity index (χ4v) is 7.16. The highest BCUT2D eigenvalue weighted by Gasteiger charge is 2.45. The normalized spacial score (nSPS) is 28.0. The number of carbonyl (C=O) groups excluding carboxylic acids is 8. The van der Waals surface area contributed by atoms with E-state index in [0.717, 1.165) is 4.90 Å². The molecule has 0 spiro atoms.